The van der Waals surface area contributed by atoms with Crippen LogP contribution in [0.25, 0.3) is 0 Å². The van der Waals surface area contributed by atoms with Crippen LogP contribution in [0.3, 0.4) is 0 Å². The van der Waals surface area contributed by atoms with Gasteiger partial charge < -0.3 is 20.7 Å². The van der Waals surface area contributed by atoms with E-state index in [9.17, 15) is 18.0 Å². The molecule has 12 heteroatoms. The second-order valence-corrected chi connectivity index (χ2v) is 9.58. The van der Waals surface area contributed by atoms with Gasteiger partial charge in [0.15, 0.2) is 16.4 Å². The number of carbonyl (C=O) groups is 2. The topological polar surface area (TPSA) is 139 Å². The second-order valence-electron chi connectivity index (χ2n) is 8.11. The predicted molar refractivity (Wildman–Crippen MR) is 136 cm³/mol. The van der Waals surface area contributed by atoms with Gasteiger partial charge in [0.25, 0.3) is 11.8 Å². The molecule has 1 aliphatic rings. The number of hydrogen-bond donors (Lipinski definition) is 4. The Bertz CT molecular complexity index is 1320. The molecule has 1 aromatic carbocycles. The summed E-state index contributed by atoms with van der Waals surface area (Å²) in [5, 5.41) is 8.99. The Kier molecular flexibility index (Phi) is 8.47. The number of carbonyl (C=O) groups excluding carboxylic acids is 2. The molecule has 0 radical (unpaired) electrons. The zero-order chi connectivity index (χ0) is 25.5. The zero-order valence-corrected chi connectivity index (χ0v) is 20.7. The van der Waals surface area contributed by atoms with Gasteiger partial charge in [0, 0.05) is 12.4 Å². The van der Waals surface area contributed by atoms with Crippen molar-refractivity contribution in [1.82, 2.24) is 15.3 Å². The number of nitrogens with zero attached hydrogens (tertiary/aromatic N) is 2. The molecule has 1 fully saturated rings. The van der Waals surface area contributed by atoms with Crippen molar-refractivity contribution in [3.8, 4) is 5.75 Å². The molecule has 0 spiro atoms. The molecule has 36 heavy (non-hydrogen) atoms. The van der Waals surface area contributed by atoms with Gasteiger partial charge in [-0.05, 0) is 74.3 Å². The van der Waals surface area contributed by atoms with Crippen LogP contribution in [-0.4, -0.2) is 49.9 Å². The van der Waals surface area contributed by atoms with Crippen molar-refractivity contribution < 1.29 is 22.7 Å². The van der Waals surface area contributed by atoms with Crippen molar-refractivity contribution in [1.29, 1.82) is 0 Å². The second kappa shape index (κ2) is 11.9. The molecule has 2 aromatic heterocycles. The summed E-state index contributed by atoms with van der Waals surface area (Å²) in [4.78, 5) is 34.2. The number of piperidine rings is 1. The number of hydrogen-bond acceptors (Lipinski definition) is 8. The first-order valence-corrected chi connectivity index (χ1v) is 12.8. The highest BCUT2D eigenvalue weighted by molar-refractivity contribution is 7.72. The first-order chi connectivity index (χ1) is 17.4. The maximum absolute atomic E-state index is 13.2. The lowest BCUT2D eigenvalue weighted by Gasteiger charge is -2.23. The minimum atomic E-state index is -2.86. The number of anilines is 2. The first kappa shape index (κ1) is 25.5. The molecule has 3 N–H and O–H groups in total. The monoisotopic (exact) mass is 529 g/mol. The van der Waals surface area contributed by atoms with Crippen LogP contribution in [0.2, 0.25) is 5.02 Å². The molecular weight excluding hydrogens is 506 g/mol. The normalized spacial score (nSPS) is 13.8. The Hall–Kier alpha value is -3.54. The van der Waals surface area contributed by atoms with Crippen LogP contribution >= 0.6 is 11.6 Å². The molecule has 0 aliphatic carbocycles. The lowest BCUT2D eigenvalue weighted by atomic mass is 9.99. The van der Waals surface area contributed by atoms with Crippen LogP contribution in [0.15, 0.2) is 59.8 Å². The molecule has 3 aromatic rings. The predicted octanol–water partition coefficient (Wildman–Crippen LogP) is 2.98. The fraction of sp³-hybridized carbons (Fsp3) is 0.250. The number of rotatable bonds is 8. The van der Waals surface area contributed by atoms with Crippen molar-refractivity contribution in [2.24, 2.45) is 5.92 Å². The van der Waals surface area contributed by atoms with Crippen LogP contribution in [0.5, 0.6) is 5.75 Å². The summed E-state index contributed by atoms with van der Waals surface area (Å²) in [6, 6.07) is 10.3. The van der Waals surface area contributed by atoms with Gasteiger partial charge in [0.2, 0.25) is 0 Å². The fourth-order valence-corrected chi connectivity index (χ4v) is 4.22. The molecule has 0 bridgehead atoms. The van der Waals surface area contributed by atoms with E-state index in [1.807, 2.05) is 0 Å². The molecule has 0 saturated carbocycles. The average molecular weight is 530 g/mol. The fourth-order valence-electron chi connectivity index (χ4n) is 3.69. The number of amides is 2. The number of nitrogens with one attached hydrogen (secondary N) is 3. The average Bonchev–Trinajstić information content (AvgIpc) is 2.89. The van der Waals surface area contributed by atoms with Crippen molar-refractivity contribution in [3.63, 3.8) is 0 Å². The molecule has 1 saturated heterocycles. The molecule has 4 rings (SSSR count). The third kappa shape index (κ3) is 6.56. The Morgan fingerprint density at radius 2 is 1.86 bits per heavy atom. The number of benzene rings is 1. The number of ether oxygens (including phenoxy) is 1. The SMILES string of the molecule is O=C(Nc1cccnc1C(=O)Nc1ccc(Cl)cn1)c1ccc([SH](=O)=O)cc1OCC1CCNCC1. The number of pyridine rings is 2. The third-order valence-electron chi connectivity index (χ3n) is 5.59. The van der Waals surface area contributed by atoms with E-state index in [0.717, 1.165) is 25.9 Å². The van der Waals surface area contributed by atoms with Crippen LogP contribution in [-0.2, 0) is 10.7 Å². The quantitative estimate of drug-likeness (QED) is 0.327. The lowest BCUT2D eigenvalue weighted by Crippen LogP contribution is -2.30. The van der Waals surface area contributed by atoms with Gasteiger partial charge in [-0.15, -0.1) is 0 Å². The number of halogens is 1. The summed E-state index contributed by atoms with van der Waals surface area (Å²) in [7, 11) is -2.86. The number of aromatic nitrogens is 2. The van der Waals surface area contributed by atoms with Gasteiger partial charge in [0.05, 0.1) is 27.8 Å². The molecule has 188 valence electrons. The Labute approximate surface area is 214 Å². The molecule has 3 heterocycles. The van der Waals surface area contributed by atoms with Crippen molar-refractivity contribution in [2.45, 2.75) is 17.7 Å². The van der Waals surface area contributed by atoms with Crippen LogP contribution in [0, 0.1) is 5.92 Å². The van der Waals surface area contributed by atoms with Crippen molar-refractivity contribution in [3.05, 3.63) is 71.1 Å². The molecule has 10 nitrogen and oxygen atoms in total. The van der Waals surface area contributed by atoms with Gasteiger partial charge in [-0.25, -0.2) is 18.4 Å². The molecule has 0 atom stereocenters. The van der Waals surface area contributed by atoms with Crippen LogP contribution < -0.4 is 20.7 Å². The minimum absolute atomic E-state index is 0.0287. The van der Waals surface area contributed by atoms with Crippen molar-refractivity contribution >= 4 is 45.6 Å². The summed E-state index contributed by atoms with van der Waals surface area (Å²) in [5.41, 5.74) is 0.274. The highest BCUT2D eigenvalue weighted by Gasteiger charge is 2.21. The van der Waals surface area contributed by atoms with Gasteiger partial charge in [-0.3, -0.25) is 9.59 Å². The van der Waals surface area contributed by atoms with E-state index in [1.165, 1.54) is 42.7 Å². The number of thiol groups is 1. The summed E-state index contributed by atoms with van der Waals surface area (Å²) in [6.45, 7) is 2.12. The van der Waals surface area contributed by atoms with Gasteiger partial charge in [0.1, 0.15) is 11.6 Å². The molecular formula is C24H24ClN5O5S. The van der Waals surface area contributed by atoms with E-state index in [0.29, 0.717) is 17.5 Å². The van der Waals surface area contributed by atoms with E-state index >= 15 is 0 Å². The zero-order valence-electron chi connectivity index (χ0n) is 19.1. The standard InChI is InChI=1S/C24H24ClN5O5S/c25-16-3-6-21(28-13-16)30-24(32)22-19(2-1-9-27-22)29-23(31)18-5-4-17(36(33)34)12-20(18)35-14-15-7-10-26-11-8-15/h1-6,9,12-13,15,26,36H,7-8,10-11,14H2,(H,29,31)(H,28,30,32). The maximum Gasteiger partial charge on any atom is 0.277 e. The van der Waals surface area contributed by atoms with Gasteiger partial charge in [-0.2, -0.15) is 0 Å². The first-order valence-electron chi connectivity index (χ1n) is 11.2. The molecule has 0 unspecified atom stereocenters. The Morgan fingerprint density at radius 1 is 1.06 bits per heavy atom. The van der Waals surface area contributed by atoms with Gasteiger partial charge >= 0.3 is 0 Å². The van der Waals surface area contributed by atoms with Crippen LogP contribution in [0.4, 0.5) is 11.5 Å². The maximum atomic E-state index is 13.2. The van der Waals surface area contributed by atoms with E-state index < -0.39 is 22.5 Å². The third-order valence-corrected chi connectivity index (χ3v) is 6.52. The summed E-state index contributed by atoms with van der Waals surface area (Å²) < 4.78 is 29.0. The van der Waals surface area contributed by atoms with Crippen molar-refractivity contribution in [2.75, 3.05) is 30.3 Å². The van der Waals surface area contributed by atoms with Crippen LogP contribution in [0.1, 0.15) is 33.7 Å². The van der Waals surface area contributed by atoms with E-state index in [-0.39, 0.29) is 33.4 Å². The van der Waals surface area contributed by atoms with Gasteiger partial charge in [-0.1, -0.05) is 11.6 Å². The highest BCUT2D eigenvalue weighted by Crippen LogP contribution is 2.25. The van der Waals surface area contributed by atoms with E-state index in [2.05, 4.69) is 25.9 Å². The smallest absolute Gasteiger partial charge is 0.277 e. The highest BCUT2D eigenvalue weighted by atomic mass is 35.5. The van der Waals surface area contributed by atoms with E-state index in [1.54, 1.807) is 12.1 Å². The summed E-state index contributed by atoms with van der Waals surface area (Å²) in [6.07, 6.45) is 4.66. The molecule has 1 aliphatic heterocycles. The molecule has 2 amide bonds. The summed E-state index contributed by atoms with van der Waals surface area (Å²) in [5.74, 6) is -0.440. The lowest BCUT2D eigenvalue weighted by molar-refractivity contribution is 0.102. The Morgan fingerprint density at radius 3 is 2.58 bits per heavy atom. The Balaban J connectivity index is 1.54. The largest absolute Gasteiger partial charge is 0.492 e. The summed E-state index contributed by atoms with van der Waals surface area (Å²) >= 11 is 5.83. The minimum Gasteiger partial charge on any atom is -0.492 e. The van der Waals surface area contributed by atoms with E-state index in [4.69, 9.17) is 16.3 Å².